The molecule has 0 spiro atoms. The van der Waals surface area contributed by atoms with Crippen LogP contribution in [0.3, 0.4) is 0 Å². The summed E-state index contributed by atoms with van der Waals surface area (Å²) in [6.07, 6.45) is 0. The number of halogens is 1. The molecule has 0 saturated heterocycles. The second-order valence-corrected chi connectivity index (χ2v) is 3.19. The quantitative estimate of drug-likeness (QED) is 0.557. The molecule has 72 valence electrons. The standard InChI is InChI=1S/C10H14N2.ClH/c1-7(2)8-3-5-9(6-4-8)10(11)12;/h3-7H,1-2H3,(H3,11,12);1H. The zero-order chi connectivity index (χ0) is 9.14. The Labute approximate surface area is 85.1 Å². The van der Waals surface area contributed by atoms with Crippen molar-refractivity contribution in [1.29, 1.82) is 5.41 Å². The molecule has 0 aliphatic heterocycles. The average Bonchev–Trinajstić information content (AvgIpc) is 2.04. The third-order valence-corrected chi connectivity index (χ3v) is 1.89. The first-order valence-electron chi connectivity index (χ1n) is 4.05. The summed E-state index contributed by atoms with van der Waals surface area (Å²) in [5.41, 5.74) is 7.39. The molecule has 1 aromatic carbocycles. The van der Waals surface area contributed by atoms with Crippen molar-refractivity contribution in [2.24, 2.45) is 5.73 Å². The van der Waals surface area contributed by atoms with E-state index in [1.165, 1.54) is 5.56 Å². The molecule has 0 aromatic heterocycles. The summed E-state index contributed by atoms with van der Waals surface area (Å²) >= 11 is 0. The molecular formula is C10H15ClN2. The van der Waals surface area contributed by atoms with Crippen molar-refractivity contribution in [3.63, 3.8) is 0 Å². The van der Waals surface area contributed by atoms with Crippen LogP contribution in [0.4, 0.5) is 0 Å². The van der Waals surface area contributed by atoms with E-state index in [0.29, 0.717) is 5.92 Å². The predicted octanol–water partition coefficient (Wildman–Crippen LogP) is 2.52. The van der Waals surface area contributed by atoms with E-state index in [1.807, 2.05) is 24.3 Å². The van der Waals surface area contributed by atoms with Crippen LogP contribution in [0.1, 0.15) is 30.9 Å². The van der Waals surface area contributed by atoms with E-state index in [9.17, 15) is 0 Å². The molecule has 3 heteroatoms. The summed E-state index contributed by atoms with van der Waals surface area (Å²) in [4.78, 5) is 0. The second kappa shape index (κ2) is 4.87. The van der Waals surface area contributed by atoms with Gasteiger partial charge in [-0.15, -0.1) is 12.4 Å². The Bertz CT molecular complexity index is 277. The highest BCUT2D eigenvalue weighted by atomic mass is 35.5. The third kappa shape index (κ3) is 3.07. The monoisotopic (exact) mass is 198 g/mol. The predicted molar refractivity (Wildman–Crippen MR) is 58.8 cm³/mol. The molecule has 0 fully saturated rings. The fourth-order valence-corrected chi connectivity index (χ4v) is 1.05. The summed E-state index contributed by atoms with van der Waals surface area (Å²) < 4.78 is 0. The fraction of sp³-hybridized carbons (Fsp3) is 0.300. The number of hydrogen-bond acceptors (Lipinski definition) is 1. The zero-order valence-electron chi connectivity index (χ0n) is 7.87. The average molecular weight is 199 g/mol. The van der Waals surface area contributed by atoms with Gasteiger partial charge in [0.2, 0.25) is 0 Å². The molecule has 0 unspecified atom stereocenters. The first-order valence-corrected chi connectivity index (χ1v) is 4.05. The van der Waals surface area contributed by atoms with E-state index >= 15 is 0 Å². The topological polar surface area (TPSA) is 49.9 Å². The van der Waals surface area contributed by atoms with Crippen LogP contribution in [0, 0.1) is 5.41 Å². The van der Waals surface area contributed by atoms with Crippen LogP contribution in [0.5, 0.6) is 0 Å². The van der Waals surface area contributed by atoms with Gasteiger partial charge in [-0.1, -0.05) is 38.1 Å². The molecule has 0 aliphatic rings. The minimum absolute atomic E-state index is 0. The van der Waals surface area contributed by atoms with Crippen molar-refractivity contribution in [3.05, 3.63) is 35.4 Å². The summed E-state index contributed by atoms with van der Waals surface area (Å²) in [5, 5.41) is 7.19. The van der Waals surface area contributed by atoms with E-state index in [-0.39, 0.29) is 18.2 Å². The van der Waals surface area contributed by atoms with Gasteiger partial charge in [-0.05, 0) is 11.5 Å². The lowest BCUT2D eigenvalue weighted by molar-refractivity contribution is 0.866. The fourth-order valence-electron chi connectivity index (χ4n) is 1.05. The Balaban J connectivity index is 0.00000144. The lowest BCUT2D eigenvalue weighted by Crippen LogP contribution is -2.10. The van der Waals surface area contributed by atoms with Crippen LogP contribution in [0.25, 0.3) is 0 Å². The highest BCUT2D eigenvalue weighted by molar-refractivity contribution is 5.94. The normalized spacial score (nSPS) is 9.46. The molecule has 13 heavy (non-hydrogen) atoms. The number of nitrogens with two attached hydrogens (primary N) is 1. The van der Waals surface area contributed by atoms with Gasteiger partial charge in [0.25, 0.3) is 0 Å². The van der Waals surface area contributed by atoms with Crippen LogP contribution in [-0.4, -0.2) is 5.84 Å². The molecule has 1 aromatic rings. The highest BCUT2D eigenvalue weighted by Crippen LogP contribution is 2.14. The van der Waals surface area contributed by atoms with Crippen LogP contribution >= 0.6 is 12.4 Å². The molecule has 3 N–H and O–H groups in total. The van der Waals surface area contributed by atoms with Gasteiger partial charge < -0.3 is 5.73 Å². The van der Waals surface area contributed by atoms with Crippen molar-refractivity contribution in [3.8, 4) is 0 Å². The van der Waals surface area contributed by atoms with E-state index < -0.39 is 0 Å². The van der Waals surface area contributed by atoms with Crippen LogP contribution < -0.4 is 5.73 Å². The SMILES string of the molecule is CC(C)c1ccc(C(=N)N)cc1.Cl. The summed E-state index contributed by atoms with van der Waals surface area (Å²) in [5.74, 6) is 0.663. The van der Waals surface area contributed by atoms with Gasteiger partial charge in [0.05, 0.1) is 0 Å². The summed E-state index contributed by atoms with van der Waals surface area (Å²) in [7, 11) is 0. The van der Waals surface area contributed by atoms with Gasteiger partial charge in [0.1, 0.15) is 5.84 Å². The molecule has 0 amide bonds. The maximum atomic E-state index is 7.19. The number of rotatable bonds is 2. The Morgan fingerprint density at radius 2 is 1.69 bits per heavy atom. The van der Waals surface area contributed by atoms with E-state index in [2.05, 4.69) is 13.8 Å². The number of benzene rings is 1. The Morgan fingerprint density at radius 1 is 1.23 bits per heavy atom. The van der Waals surface area contributed by atoms with Crippen molar-refractivity contribution in [2.75, 3.05) is 0 Å². The molecular weight excluding hydrogens is 184 g/mol. The first kappa shape index (κ1) is 12.0. The zero-order valence-corrected chi connectivity index (χ0v) is 8.69. The number of nitrogen functional groups attached to an aromatic ring is 1. The Kier molecular flexibility index (Phi) is 4.49. The molecule has 2 nitrogen and oxygen atoms in total. The number of nitrogens with one attached hydrogen (secondary N) is 1. The maximum absolute atomic E-state index is 7.19. The summed E-state index contributed by atoms with van der Waals surface area (Å²) in [6.45, 7) is 4.28. The second-order valence-electron chi connectivity index (χ2n) is 3.19. The minimum atomic E-state index is 0. The largest absolute Gasteiger partial charge is 0.384 e. The smallest absolute Gasteiger partial charge is 0.122 e. The van der Waals surface area contributed by atoms with Crippen molar-refractivity contribution >= 4 is 18.2 Å². The van der Waals surface area contributed by atoms with Crippen LogP contribution in [0.15, 0.2) is 24.3 Å². The van der Waals surface area contributed by atoms with Crippen LogP contribution in [-0.2, 0) is 0 Å². The van der Waals surface area contributed by atoms with Gasteiger partial charge >= 0.3 is 0 Å². The van der Waals surface area contributed by atoms with E-state index in [0.717, 1.165) is 5.56 Å². The van der Waals surface area contributed by atoms with Gasteiger partial charge in [0.15, 0.2) is 0 Å². The maximum Gasteiger partial charge on any atom is 0.122 e. The van der Waals surface area contributed by atoms with Crippen molar-refractivity contribution < 1.29 is 0 Å². The Hall–Kier alpha value is -1.02. The molecule has 0 bridgehead atoms. The number of amidine groups is 1. The third-order valence-electron chi connectivity index (χ3n) is 1.89. The van der Waals surface area contributed by atoms with Gasteiger partial charge in [-0.3, -0.25) is 5.41 Å². The Morgan fingerprint density at radius 3 is 2.00 bits per heavy atom. The number of hydrogen-bond donors (Lipinski definition) is 2. The van der Waals surface area contributed by atoms with Gasteiger partial charge in [-0.25, -0.2) is 0 Å². The van der Waals surface area contributed by atoms with E-state index in [4.69, 9.17) is 11.1 Å². The van der Waals surface area contributed by atoms with E-state index in [1.54, 1.807) is 0 Å². The molecule has 0 aliphatic carbocycles. The summed E-state index contributed by atoms with van der Waals surface area (Å²) in [6, 6.07) is 7.80. The highest BCUT2D eigenvalue weighted by Gasteiger charge is 1.99. The lowest BCUT2D eigenvalue weighted by atomic mass is 10.0. The molecule has 0 atom stereocenters. The van der Waals surface area contributed by atoms with Crippen molar-refractivity contribution in [1.82, 2.24) is 0 Å². The molecule has 1 rings (SSSR count). The van der Waals surface area contributed by atoms with Crippen molar-refractivity contribution in [2.45, 2.75) is 19.8 Å². The first-order chi connectivity index (χ1) is 5.61. The molecule has 0 heterocycles. The van der Waals surface area contributed by atoms with Crippen LogP contribution in [0.2, 0.25) is 0 Å². The van der Waals surface area contributed by atoms with Gasteiger partial charge in [-0.2, -0.15) is 0 Å². The lowest BCUT2D eigenvalue weighted by Gasteiger charge is -2.05. The molecule has 0 radical (unpaired) electrons. The minimum Gasteiger partial charge on any atom is -0.384 e. The van der Waals surface area contributed by atoms with Gasteiger partial charge in [0, 0.05) is 5.56 Å². The molecule has 0 saturated carbocycles.